The molecule has 130 valence electrons. The molecular formula is C17H15BrN2O4S. The molecule has 0 aliphatic heterocycles. The SMILES string of the molecule is CC(=O)NS(=O)(=O)c1ccc(NC(=O)C=Cc2ccc(Br)cc2)cc1. The Balaban J connectivity index is 2.02. The normalized spacial score (nSPS) is 11.3. The Kier molecular flexibility index (Phi) is 6.11. The zero-order valence-electron chi connectivity index (χ0n) is 13.2. The van der Waals surface area contributed by atoms with Crippen LogP contribution in [0.5, 0.6) is 0 Å². The van der Waals surface area contributed by atoms with Crippen molar-refractivity contribution in [2.45, 2.75) is 11.8 Å². The van der Waals surface area contributed by atoms with E-state index >= 15 is 0 Å². The van der Waals surface area contributed by atoms with Gasteiger partial charge in [-0.1, -0.05) is 28.1 Å². The molecule has 2 amide bonds. The van der Waals surface area contributed by atoms with Crippen molar-refractivity contribution >= 4 is 49.5 Å². The fraction of sp³-hybridized carbons (Fsp3) is 0.0588. The molecule has 0 fully saturated rings. The molecule has 0 unspecified atom stereocenters. The van der Waals surface area contributed by atoms with Gasteiger partial charge in [0, 0.05) is 23.2 Å². The number of halogens is 1. The summed E-state index contributed by atoms with van der Waals surface area (Å²) >= 11 is 3.33. The zero-order chi connectivity index (χ0) is 18.4. The van der Waals surface area contributed by atoms with E-state index in [1.54, 1.807) is 6.08 Å². The average Bonchev–Trinajstić information content (AvgIpc) is 2.54. The van der Waals surface area contributed by atoms with Crippen LogP contribution >= 0.6 is 15.9 Å². The molecule has 2 N–H and O–H groups in total. The van der Waals surface area contributed by atoms with E-state index in [9.17, 15) is 18.0 Å². The Labute approximate surface area is 154 Å². The Morgan fingerprint density at radius 1 is 1.00 bits per heavy atom. The number of benzene rings is 2. The third kappa shape index (κ3) is 5.84. The van der Waals surface area contributed by atoms with Crippen LogP contribution in [-0.4, -0.2) is 20.2 Å². The Hall–Kier alpha value is -2.45. The van der Waals surface area contributed by atoms with E-state index in [2.05, 4.69) is 21.2 Å². The van der Waals surface area contributed by atoms with Gasteiger partial charge in [0.25, 0.3) is 10.0 Å². The van der Waals surface area contributed by atoms with E-state index in [4.69, 9.17) is 0 Å². The fourth-order valence-electron chi connectivity index (χ4n) is 1.90. The number of nitrogens with one attached hydrogen (secondary N) is 2. The van der Waals surface area contributed by atoms with Crippen molar-refractivity contribution in [2.24, 2.45) is 0 Å². The molecule has 2 aromatic carbocycles. The van der Waals surface area contributed by atoms with Gasteiger partial charge in [0.2, 0.25) is 11.8 Å². The number of carbonyl (C=O) groups is 2. The fourth-order valence-corrected chi connectivity index (χ4v) is 3.15. The van der Waals surface area contributed by atoms with Gasteiger partial charge in [-0.05, 0) is 48.0 Å². The monoisotopic (exact) mass is 422 g/mol. The van der Waals surface area contributed by atoms with Crippen LogP contribution in [0.4, 0.5) is 5.69 Å². The topological polar surface area (TPSA) is 92.3 Å². The first-order chi connectivity index (χ1) is 11.8. The summed E-state index contributed by atoms with van der Waals surface area (Å²) in [4.78, 5) is 22.7. The summed E-state index contributed by atoms with van der Waals surface area (Å²) in [7, 11) is -3.88. The summed E-state index contributed by atoms with van der Waals surface area (Å²) in [5, 5.41) is 2.63. The van der Waals surface area contributed by atoms with Crippen LogP contribution in [0, 0.1) is 0 Å². The lowest BCUT2D eigenvalue weighted by atomic mass is 10.2. The molecule has 6 nitrogen and oxygen atoms in total. The molecule has 0 atom stereocenters. The second-order valence-corrected chi connectivity index (χ2v) is 7.66. The van der Waals surface area contributed by atoms with Crippen molar-refractivity contribution in [1.29, 1.82) is 0 Å². The highest BCUT2D eigenvalue weighted by Crippen LogP contribution is 2.15. The predicted molar refractivity (Wildman–Crippen MR) is 99.3 cm³/mol. The number of carbonyl (C=O) groups excluding carboxylic acids is 2. The summed E-state index contributed by atoms with van der Waals surface area (Å²) < 4.78 is 26.5. The van der Waals surface area contributed by atoms with Crippen molar-refractivity contribution in [3.8, 4) is 0 Å². The molecule has 0 saturated heterocycles. The highest BCUT2D eigenvalue weighted by atomic mass is 79.9. The highest BCUT2D eigenvalue weighted by Gasteiger charge is 2.15. The minimum atomic E-state index is -3.88. The minimum absolute atomic E-state index is 0.0638. The Morgan fingerprint density at radius 3 is 2.16 bits per heavy atom. The van der Waals surface area contributed by atoms with E-state index in [1.807, 2.05) is 29.0 Å². The standard InChI is InChI=1S/C17H15BrN2O4S/c1-12(21)20-25(23,24)16-9-7-15(8-10-16)19-17(22)11-4-13-2-5-14(18)6-3-13/h2-11H,1H3,(H,19,22)(H,20,21). The van der Waals surface area contributed by atoms with Crippen molar-refractivity contribution in [3.05, 3.63) is 64.6 Å². The first kappa shape index (κ1) is 18.9. The second kappa shape index (κ2) is 8.09. The zero-order valence-corrected chi connectivity index (χ0v) is 15.6. The van der Waals surface area contributed by atoms with E-state index in [-0.39, 0.29) is 10.8 Å². The summed E-state index contributed by atoms with van der Waals surface area (Å²) in [5.74, 6) is -1.02. The molecule has 8 heteroatoms. The van der Waals surface area contributed by atoms with E-state index in [1.165, 1.54) is 30.3 Å². The van der Waals surface area contributed by atoms with Gasteiger partial charge in [-0.3, -0.25) is 9.59 Å². The highest BCUT2D eigenvalue weighted by molar-refractivity contribution is 9.10. The number of anilines is 1. The smallest absolute Gasteiger partial charge is 0.264 e. The number of rotatable bonds is 5. The van der Waals surface area contributed by atoms with Crippen LogP contribution in [0.25, 0.3) is 6.08 Å². The maximum absolute atomic E-state index is 11.9. The molecule has 25 heavy (non-hydrogen) atoms. The lowest BCUT2D eigenvalue weighted by Crippen LogP contribution is -2.28. The molecule has 2 aromatic rings. The maximum Gasteiger partial charge on any atom is 0.264 e. The van der Waals surface area contributed by atoms with Gasteiger partial charge >= 0.3 is 0 Å². The summed E-state index contributed by atoms with van der Waals surface area (Å²) in [6.07, 6.45) is 3.04. The van der Waals surface area contributed by atoms with Crippen LogP contribution in [0.2, 0.25) is 0 Å². The number of amides is 2. The molecule has 0 bridgehead atoms. The molecule has 0 spiro atoms. The van der Waals surface area contributed by atoms with Crippen LogP contribution in [0.1, 0.15) is 12.5 Å². The van der Waals surface area contributed by atoms with Crippen molar-refractivity contribution in [2.75, 3.05) is 5.32 Å². The predicted octanol–water partition coefficient (Wildman–Crippen LogP) is 2.93. The number of hydrogen-bond acceptors (Lipinski definition) is 4. The molecule has 0 heterocycles. The first-order valence-corrected chi connectivity index (χ1v) is 9.42. The summed E-state index contributed by atoms with van der Waals surface area (Å²) in [6.45, 7) is 1.11. The molecule has 0 radical (unpaired) electrons. The van der Waals surface area contributed by atoms with Crippen molar-refractivity contribution in [3.63, 3.8) is 0 Å². The summed E-state index contributed by atoms with van der Waals surface area (Å²) in [6, 6.07) is 12.9. The van der Waals surface area contributed by atoms with Gasteiger partial charge in [-0.15, -0.1) is 0 Å². The molecule has 0 aliphatic rings. The van der Waals surface area contributed by atoms with Gasteiger partial charge in [0.05, 0.1) is 4.90 Å². The van der Waals surface area contributed by atoms with Gasteiger partial charge in [0.15, 0.2) is 0 Å². The minimum Gasteiger partial charge on any atom is -0.323 e. The number of sulfonamides is 1. The van der Waals surface area contributed by atoms with Crippen molar-refractivity contribution in [1.82, 2.24) is 4.72 Å². The molecule has 0 aliphatic carbocycles. The second-order valence-electron chi connectivity index (χ2n) is 5.06. The van der Waals surface area contributed by atoms with Gasteiger partial charge < -0.3 is 5.32 Å². The molecule has 0 saturated carbocycles. The third-order valence-electron chi connectivity index (χ3n) is 3.01. The molecular weight excluding hydrogens is 408 g/mol. The molecule has 0 aromatic heterocycles. The van der Waals surface area contributed by atoms with E-state index in [0.717, 1.165) is 17.0 Å². The van der Waals surface area contributed by atoms with E-state index in [0.29, 0.717) is 5.69 Å². The summed E-state index contributed by atoms with van der Waals surface area (Å²) in [5.41, 5.74) is 1.31. The van der Waals surface area contributed by atoms with Crippen molar-refractivity contribution < 1.29 is 18.0 Å². The number of hydrogen-bond donors (Lipinski definition) is 2. The van der Waals surface area contributed by atoms with Crippen LogP contribution in [-0.2, 0) is 19.6 Å². The molecule has 2 rings (SSSR count). The quantitative estimate of drug-likeness (QED) is 0.724. The average molecular weight is 423 g/mol. The Morgan fingerprint density at radius 2 is 1.60 bits per heavy atom. The largest absolute Gasteiger partial charge is 0.323 e. The Bertz CT molecular complexity index is 905. The van der Waals surface area contributed by atoms with Crippen LogP contribution in [0.15, 0.2) is 64.0 Å². The van der Waals surface area contributed by atoms with Crippen LogP contribution < -0.4 is 10.0 Å². The maximum atomic E-state index is 11.9. The lowest BCUT2D eigenvalue weighted by Gasteiger charge is -2.06. The van der Waals surface area contributed by atoms with E-state index < -0.39 is 15.9 Å². The lowest BCUT2D eigenvalue weighted by molar-refractivity contribution is -0.117. The van der Waals surface area contributed by atoms with Gasteiger partial charge in [-0.25, -0.2) is 13.1 Å². The third-order valence-corrected chi connectivity index (χ3v) is 4.99. The van der Waals surface area contributed by atoms with Gasteiger partial charge in [0.1, 0.15) is 0 Å². The van der Waals surface area contributed by atoms with Gasteiger partial charge in [-0.2, -0.15) is 0 Å². The first-order valence-electron chi connectivity index (χ1n) is 7.14. The van der Waals surface area contributed by atoms with Crippen LogP contribution in [0.3, 0.4) is 0 Å².